The van der Waals surface area contributed by atoms with Crippen molar-refractivity contribution in [1.29, 1.82) is 0 Å². The van der Waals surface area contributed by atoms with Crippen molar-refractivity contribution in [2.45, 2.75) is 5.54 Å². The molecular formula is C23H16N2O2. The van der Waals surface area contributed by atoms with Gasteiger partial charge in [0.25, 0.3) is 0 Å². The van der Waals surface area contributed by atoms with Gasteiger partial charge in [-0.3, -0.25) is 0 Å². The number of carbonyl (C=O) groups excluding carboxylic acids is 1. The fraction of sp³-hybridized carbons (Fsp3) is 0.0870. The van der Waals surface area contributed by atoms with Gasteiger partial charge in [0.05, 0.1) is 7.11 Å². The second-order valence-electron chi connectivity index (χ2n) is 6.58. The van der Waals surface area contributed by atoms with E-state index in [1.807, 2.05) is 54.6 Å². The molecule has 0 unspecified atom stereocenters. The van der Waals surface area contributed by atoms with E-state index in [9.17, 15) is 4.79 Å². The van der Waals surface area contributed by atoms with Crippen LogP contribution in [-0.4, -0.2) is 13.1 Å². The van der Waals surface area contributed by atoms with Crippen LogP contribution in [0, 0.1) is 0 Å². The molecule has 130 valence electrons. The highest BCUT2D eigenvalue weighted by Gasteiger charge is 2.52. The van der Waals surface area contributed by atoms with Gasteiger partial charge in [0, 0.05) is 5.57 Å². The third-order valence-corrected chi connectivity index (χ3v) is 5.26. The van der Waals surface area contributed by atoms with E-state index in [1.54, 1.807) is 0 Å². The number of rotatable bonds is 2. The fourth-order valence-electron chi connectivity index (χ4n) is 4.18. The maximum Gasteiger partial charge on any atom is 0.359 e. The average molecular weight is 352 g/mol. The number of hydrogen-bond acceptors (Lipinski definition) is 4. The van der Waals surface area contributed by atoms with Crippen LogP contribution in [0.2, 0.25) is 0 Å². The van der Waals surface area contributed by atoms with Gasteiger partial charge in [0.2, 0.25) is 0 Å². The van der Waals surface area contributed by atoms with Crippen molar-refractivity contribution in [2.75, 3.05) is 7.11 Å². The third kappa shape index (κ3) is 2.01. The molecule has 2 aliphatic rings. The number of benzene rings is 3. The summed E-state index contributed by atoms with van der Waals surface area (Å²) in [6, 6.07) is 26.2. The number of azo groups is 1. The van der Waals surface area contributed by atoms with E-state index in [1.165, 1.54) is 7.11 Å². The van der Waals surface area contributed by atoms with Crippen LogP contribution in [0.1, 0.15) is 16.7 Å². The Morgan fingerprint density at radius 3 is 1.96 bits per heavy atom. The van der Waals surface area contributed by atoms with Crippen LogP contribution in [0.3, 0.4) is 0 Å². The molecule has 0 radical (unpaired) electrons. The minimum Gasteiger partial charge on any atom is -0.464 e. The minimum atomic E-state index is -0.835. The summed E-state index contributed by atoms with van der Waals surface area (Å²) in [4.78, 5) is 12.5. The van der Waals surface area contributed by atoms with Crippen LogP contribution in [0.4, 0.5) is 0 Å². The largest absolute Gasteiger partial charge is 0.464 e. The summed E-state index contributed by atoms with van der Waals surface area (Å²) in [6.45, 7) is 0. The van der Waals surface area contributed by atoms with Crippen LogP contribution >= 0.6 is 0 Å². The zero-order valence-corrected chi connectivity index (χ0v) is 14.7. The maximum absolute atomic E-state index is 12.5. The molecule has 4 heteroatoms. The zero-order valence-electron chi connectivity index (χ0n) is 14.7. The van der Waals surface area contributed by atoms with E-state index >= 15 is 0 Å². The van der Waals surface area contributed by atoms with E-state index < -0.39 is 11.5 Å². The fourth-order valence-corrected chi connectivity index (χ4v) is 4.18. The molecule has 0 atom stereocenters. The zero-order chi connectivity index (χ0) is 18.4. The summed E-state index contributed by atoms with van der Waals surface area (Å²) in [5.41, 5.74) is 5.41. The van der Waals surface area contributed by atoms with Gasteiger partial charge in [0.15, 0.2) is 11.2 Å². The SMILES string of the molecule is COC(=O)C1=C(c2ccccc2)C2(N=N1)c1ccccc1-c1ccccc12. The summed E-state index contributed by atoms with van der Waals surface area (Å²) < 4.78 is 5.01. The smallest absolute Gasteiger partial charge is 0.359 e. The van der Waals surface area contributed by atoms with Gasteiger partial charge < -0.3 is 4.74 Å². The highest BCUT2D eigenvalue weighted by molar-refractivity contribution is 6.04. The van der Waals surface area contributed by atoms with Crippen molar-refractivity contribution in [3.63, 3.8) is 0 Å². The maximum atomic E-state index is 12.5. The molecule has 0 bridgehead atoms. The lowest BCUT2D eigenvalue weighted by Crippen LogP contribution is -2.23. The first-order valence-corrected chi connectivity index (χ1v) is 8.78. The molecule has 0 fully saturated rings. The van der Waals surface area contributed by atoms with Gasteiger partial charge in [-0.05, 0) is 27.8 Å². The Kier molecular flexibility index (Phi) is 3.34. The number of esters is 1. The highest BCUT2D eigenvalue weighted by Crippen LogP contribution is 2.59. The number of methoxy groups -OCH3 is 1. The second kappa shape index (κ2) is 5.74. The lowest BCUT2D eigenvalue weighted by Gasteiger charge is -2.26. The Labute approximate surface area is 156 Å². The van der Waals surface area contributed by atoms with Crippen LogP contribution in [-0.2, 0) is 15.1 Å². The molecule has 0 N–H and O–H groups in total. The van der Waals surface area contributed by atoms with Gasteiger partial charge in [-0.15, -0.1) is 5.11 Å². The average Bonchev–Trinajstić information content (AvgIpc) is 3.27. The first kappa shape index (κ1) is 15.7. The normalized spacial score (nSPS) is 15.7. The Morgan fingerprint density at radius 2 is 1.37 bits per heavy atom. The monoisotopic (exact) mass is 352 g/mol. The van der Waals surface area contributed by atoms with E-state index in [0.717, 1.165) is 33.4 Å². The number of hydrogen-bond donors (Lipinski definition) is 0. The summed E-state index contributed by atoms with van der Waals surface area (Å²) in [7, 11) is 1.37. The lowest BCUT2D eigenvalue weighted by atomic mass is 9.77. The van der Waals surface area contributed by atoms with Crippen molar-refractivity contribution >= 4 is 11.5 Å². The topological polar surface area (TPSA) is 51.0 Å². The molecule has 5 rings (SSSR count). The highest BCUT2D eigenvalue weighted by atomic mass is 16.5. The Bertz CT molecular complexity index is 1080. The molecule has 3 aromatic carbocycles. The first-order valence-electron chi connectivity index (χ1n) is 8.78. The van der Waals surface area contributed by atoms with Gasteiger partial charge >= 0.3 is 5.97 Å². The number of nitrogens with zero attached hydrogens (tertiary/aromatic N) is 2. The minimum absolute atomic E-state index is 0.259. The van der Waals surface area contributed by atoms with Gasteiger partial charge in [-0.1, -0.05) is 78.9 Å². The number of ether oxygens (including phenoxy) is 1. The molecule has 1 aliphatic carbocycles. The molecule has 27 heavy (non-hydrogen) atoms. The standard InChI is InChI=1S/C23H16N2O2/c1-27-22(26)21-20(15-9-3-2-4-10-15)23(25-24-21)18-13-7-5-11-16(18)17-12-6-8-14-19(17)23/h2-14H,1H3. The molecule has 1 spiro atoms. The molecule has 3 aromatic rings. The van der Waals surface area contributed by atoms with Crippen molar-refractivity contribution in [3.05, 3.63) is 101 Å². The Morgan fingerprint density at radius 1 is 0.815 bits per heavy atom. The van der Waals surface area contributed by atoms with Crippen LogP contribution < -0.4 is 0 Å². The Balaban J connectivity index is 1.90. The lowest BCUT2D eigenvalue weighted by molar-refractivity contribution is -0.136. The van der Waals surface area contributed by atoms with Crippen molar-refractivity contribution < 1.29 is 9.53 Å². The molecule has 0 aromatic heterocycles. The molecule has 0 amide bonds. The predicted molar refractivity (Wildman–Crippen MR) is 103 cm³/mol. The van der Waals surface area contributed by atoms with Crippen LogP contribution in [0.25, 0.3) is 16.7 Å². The van der Waals surface area contributed by atoms with Gasteiger partial charge in [-0.25, -0.2) is 4.79 Å². The van der Waals surface area contributed by atoms with Crippen molar-refractivity contribution in [2.24, 2.45) is 10.2 Å². The summed E-state index contributed by atoms with van der Waals surface area (Å²) in [5.74, 6) is -0.476. The molecule has 1 aliphatic heterocycles. The molecule has 1 heterocycles. The number of fused-ring (bicyclic) bond motifs is 5. The van der Waals surface area contributed by atoms with Crippen LogP contribution in [0.5, 0.6) is 0 Å². The van der Waals surface area contributed by atoms with Gasteiger partial charge in [-0.2, -0.15) is 5.11 Å². The van der Waals surface area contributed by atoms with E-state index in [0.29, 0.717) is 0 Å². The molecule has 0 saturated carbocycles. The molecule has 4 nitrogen and oxygen atoms in total. The van der Waals surface area contributed by atoms with E-state index in [2.05, 4.69) is 29.4 Å². The van der Waals surface area contributed by atoms with E-state index in [-0.39, 0.29) is 5.70 Å². The molecule has 0 saturated heterocycles. The summed E-state index contributed by atoms with van der Waals surface area (Å²) in [6.07, 6.45) is 0. The summed E-state index contributed by atoms with van der Waals surface area (Å²) in [5, 5.41) is 9.04. The third-order valence-electron chi connectivity index (χ3n) is 5.26. The second-order valence-corrected chi connectivity index (χ2v) is 6.58. The molecular weight excluding hydrogens is 336 g/mol. The van der Waals surface area contributed by atoms with E-state index in [4.69, 9.17) is 9.85 Å². The Hall–Kier alpha value is -3.53. The van der Waals surface area contributed by atoms with Crippen LogP contribution in [0.15, 0.2) is 94.8 Å². The predicted octanol–water partition coefficient (Wildman–Crippen LogP) is 4.96. The van der Waals surface area contributed by atoms with Crippen molar-refractivity contribution in [1.82, 2.24) is 0 Å². The quantitative estimate of drug-likeness (QED) is 0.612. The first-order chi connectivity index (χ1) is 13.3. The summed E-state index contributed by atoms with van der Waals surface area (Å²) >= 11 is 0. The van der Waals surface area contributed by atoms with Crippen molar-refractivity contribution in [3.8, 4) is 11.1 Å². The number of carbonyl (C=O) groups is 1. The van der Waals surface area contributed by atoms with Gasteiger partial charge in [0.1, 0.15) is 0 Å².